The summed E-state index contributed by atoms with van der Waals surface area (Å²) in [6, 6.07) is 49.7. The summed E-state index contributed by atoms with van der Waals surface area (Å²) in [7, 11) is -2.80. The molecular formula is C35H28O2Si. The Morgan fingerprint density at radius 3 is 1.08 bits per heavy atom. The van der Waals surface area contributed by atoms with Crippen LogP contribution in [0.25, 0.3) is 0 Å². The number of benzene rings is 5. The van der Waals surface area contributed by atoms with Crippen molar-refractivity contribution >= 4 is 14.5 Å². The molecule has 1 saturated heterocycles. The van der Waals surface area contributed by atoms with Crippen molar-refractivity contribution in [2.24, 2.45) is 0 Å². The van der Waals surface area contributed by atoms with E-state index in [4.69, 9.17) is 0 Å². The highest BCUT2D eigenvalue weighted by Crippen LogP contribution is 2.63. The van der Waals surface area contributed by atoms with Gasteiger partial charge in [0.15, 0.2) is 5.78 Å². The Hall–Kier alpha value is -4.21. The van der Waals surface area contributed by atoms with Crippen LogP contribution < -0.4 is 0 Å². The Morgan fingerprint density at radius 1 is 0.447 bits per heavy atom. The minimum absolute atomic E-state index is 0.0369. The van der Waals surface area contributed by atoms with E-state index in [1.54, 1.807) is 0 Å². The topological polar surface area (TPSA) is 34.1 Å². The zero-order chi connectivity index (χ0) is 26.2. The highest BCUT2D eigenvalue weighted by atomic mass is 28.3. The number of carbonyl (C=O) groups excluding carboxylic acids is 1. The zero-order valence-corrected chi connectivity index (χ0v) is 22.3. The summed E-state index contributed by atoms with van der Waals surface area (Å²) in [6.45, 7) is 1.90. The van der Waals surface area contributed by atoms with E-state index in [1.165, 1.54) is 0 Å². The maximum atomic E-state index is 15.7. The molecular weight excluding hydrogens is 480 g/mol. The van der Waals surface area contributed by atoms with Gasteiger partial charge in [0.1, 0.15) is 0 Å². The number of Topliss-reactive ketones (excluding diaryl/α,β-unsaturated/α-hetero) is 1. The fourth-order valence-corrected chi connectivity index (χ4v) is 9.88. The molecule has 5 aromatic carbocycles. The van der Waals surface area contributed by atoms with Crippen molar-refractivity contribution in [3.05, 3.63) is 179 Å². The average Bonchev–Trinajstić information content (AvgIpc) is 3.17. The van der Waals surface area contributed by atoms with Crippen molar-refractivity contribution in [1.29, 1.82) is 0 Å². The summed E-state index contributed by atoms with van der Waals surface area (Å²) in [4.78, 5) is 15.5. The van der Waals surface area contributed by atoms with Crippen LogP contribution in [0.15, 0.2) is 152 Å². The predicted octanol–water partition coefficient (Wildman–Crippen LogP) is 7.00. The van der Waals surface area contributed by atoms with E-state index in [2.05, 4.69) is 0 Å². The number of hydrogen-bond donors (Lipinski definition) is 0. The average molecular weight is 509 g/mol. The standard InChI is InChI=1S/C35H28O2Si/c1-33(27-17-7-2-8-18-27)32(36)34(28-19-9-3-10-20-28,29-21-11-4-12-22-29)35(38(33)37,30-23-13-5-14-24-30)31-25-15-6-16-26-31/h2-26H,1H3. The van der Waals surface area contributed by atoms with Gasteiger partial charge in [0, 0.05) is 0 Å². The Morgan fingerprint density at radius 2 is 0.737 bits per heavy atom. The van der Waals surface area contributed by atoms with Crippen LogP contribution in [0.5, 0.6) is 0 Å². The molecule has 2 nitrogen and oxygen atoms in total. The van der Waals surface area contributed by atoms with Gasteiger partial charge in [0.25, 0.3) is 0 Å². The number of hydrogen-bond acceptors (Lipinski definition) is 2. The van der Waals surface area contributed by atoms with E-state index in [9.17, 15) is 0 Å². The van der Waals surface area contributed by atoms with Crippen molar-refractivity contribution in [2.75, 3.05) is 0 Å². The molecule has 0 N–H and O–H groups in total. The smallest absolute Gasteiger partial charge is 0.312 e. The van der Waals surface area contributed by atoms with E-state index < -0.39 is 24.2 Å². The lowest BCUT2D eigenvalue weighted by Gasteiger charge is -2.45. The van der Waals surface area contributed by atoms with Crippen LogP contribution in [0.3, 0.4) is 0 Å². The normalized spacial score (nSPS) is 19.8. The van der Waals surface area contributed by atoms with Crippen molar-refractivity contribution in [2.45, 2.75) is 22.4 Å². The first-order chi connectivity index (χ1) is 18.6. The van der Waals surface area contributed by atoms with Gasteiger partial charge in [-0.1, -0.05) is 152 Å². The molecule has 1 atom stereocenters. The van der Waals surface area contributed by atoms with E-state index in [-0.39, 0.29) is 5.78 Å². The quantitative estimate of drug-likeness (QED) is 0.240. The van der Waals surface area contributed by atoms with Crippen LogP contribution in [-0.2, 0) is 24.7 Å². The molecule has 0 bridgehead atoms. The second kappa shape index (κ2) is 9.27. The fraction of sp³-hybridized carbons (Fsp3) is 0.114. The van der Waals surface area contributed by atoms with Crippen molar-refractivity contribution in [1.82, 2.24) is 0 Å². The summed E-state index contributed by atoms with van der Waals surface area (Å²) >= 11 is 0. The van der Waals surface area contributed by atoms with Gasteiger partial charge in [-0.15, -0.1) is 0 Å². The molecule has 0 radical (unpaired) electrons. The second-order valence-corrected chi connectivity index (χ2v) is 12.5. The summed E-state index contributed by atoms with van der Waals surface area (Å²) < 4.78 is 15.7. The molecule has 0 aromatic heterocycles. The molecule has 5 aromatic rings. The lowest BCUT2D eigenvalue weighted by Crippen LogP contribution is -2.54. The Bertz CT molecular complexity index is 1400. The molecule has 184 valence electrons. The monoisotopic (exact) mass is 508 g/mol. The Kier molecular flexibility index (Phi) is 5.89. The molecule has 0 saturated carbocycles. The maximum Gasteiger partial charge on any atom is 0.312 e. The number of rotatable bonds is 5. The third-order valence-electron chi connectivity index (χ3n) is 8.33. The van der Waals surface area contributed by atoms with Crippen molar-refractivity contribution < 1.29 is 9.26 Å². The van der Waals surface area contributed by atoms with Crippen molar-refractivity contribution in [3.8, 4) is 0 Å². The van der Waals surface area contributed by atoms with Crippen LogP contribution in [0.4, 0.5) is 0 Å². The molecule has 1 aliphatic rings. The van der Waals surface area contributed by atoms with E-state index in [1.807, 2.05) is 159 Å². The molecule has 0 amide bonds. The van der Waals surface area contributed by atoms with Gasteiger partial charge in [0.05, 0.1) is 15.5 Å². The van der Waals surface area contributed by atoms with Gasteiger partial charge in [-0.2, -0.15) is 0 Å². The first-order valence-corrected chi connectivity index (χ1v) is 14.4. The van der Waals surface area contributed by atoms with Gasteiger partial charge in [-0.3, -0.25) is 4.79 Å². The van der Waals surface area contributed by atoms with Gasteiger partial charge < -0.3 is 4.46 Å². The van der Waals surface area contributed by atoms with Crippen molar-refractivity contribution in [3.63, 3.8) is 0 Å². The molecule has 3 heteroatoms. The zero-order valence-electron chi connectivity index (χ0n) is 21.3. The summed E-state index contributed by atoms with van der Waals surface area (Å²) in [6.07, 6.45) is 0. The van der Waals surface area contributed by atoms with Gasteiger partial charge in [-0.25, -0.2) is 0 Å². The third-order valence-corrected chi connectivity index (χ3v) is 11.4. The SMILES string of the molecule is CC1(c2ccccc2)C(=O)C(c2ccccc2)(c2ccccc2)C(c2ccccc2)(c2ccccc2)[Si]1=O. The lowest BCUT2D eigenvalue weighted by atomic mass is 9.57. The summed E-state index contributed by atoms with van der Waals surface area (Å²) in [5, 5.41) is -2.34. The predicted molar refractivity (Wildman–Crippen MR) is 153 cm³/mol. The number of ketones is 1. The lowest BCUT2D eigenvalue weighted by molar-refractivity contribution is -0.125. The second-order valence-electron chi connectivity index (χ2n) is 10.1. The van der Waals surface area contributed by atoms with Crippen LogP contribution in [0.2, 0.25) is 0 Å². The largest absolute Gasteiger partial charge is 0.386 e. The molecule has 0 aliphatic carbocycles. The van der Waals surface area contributed by atoms with Crippen LogP contribution in [0, 0.1) is 0 Å². The van der Waals surface area contributed by atoms with Gasteiger partial charge >= 0.3 is 8.68 Å². The highest BCUT2D eigenvalue weighted by Gasteiger charge is 2.77. The third kappa shape index (κ3) is 3.09. The van der Waals surface area contributed by atoms with E-state index in [0.717, 1.165) is 27.8 Å². The molecule has 1 heterocycles. The Balaban J connectivity index is 1.88. The fourth-order valence-electron chi connectivity index (χ4n) is 6.70. The highest BCUT2D eigenvalue weighted by molar-refractivity contribution is 6.63. The minimum Gasteiger partial charge on any atom is -0.386 e. The first-order valence-electron chi connectivity index (χ1n) is 13.0. The van der Waals surface area contributed by atoms with E-state index >= 15 is 9.26 Å². The molecule has 6 rings (SSSR count). The summed E-state index contributed by atoms with van der Waals surface area (Å²) in [5.41, 5.74) is 3.02. The van der Waals surface area contributed by atoms with Crippen LogP contribution in [0.1, 0.15) is 34.7 Å². The Labute approximate surface area is 225 Å². The van der Waals surface area contributed by atoms with Gasteiger partial charge in [-0.05, 0) is 34.7 Å². The number of carbonyl (C=O) groups is 1. The van der Waals surface area contributed by atoms with E-state index in [0.29, 0.717) is 0 Å². The van der Waals surface area contributed by atoms with Crippen LogP contribution in [-0.4, -0.2) is 14.5 Å². The molecule has 1 fully saturated rings. The molecule has 38 heavy (non-hydrogen) atoms. The first kappa shape index (κ1) is 24.1. The molecule has 1 aliphatic heterocycles. The molecule has 1 unspecified atom stereocenters. The molecule has 0 spiro atoms. The maximum absolute atomic E-state index is 15.7. The van der Waals surface area contributed by atoms with Crippen LogP contribution >= 0.6 is 0 Å². The minimum atomic E-state index is -2.80. The van der Waals surface area contributed by atoms with Gasteiger partial charge in [0.2, 0.25) is 0 Å². The summed E-state index contributed by atoms with van der Waals surface area (Å²) in [5.74, 6) is -0.0369.